The van der Waals surface area contributed by atoms with Crippen LogP contribution in [0.5, 0.6) is 0 Å². The van der Waals surface area contributed by atoms with Crippen molar-refractivity contribution in [2.24, 2.45) is 0 Å². The van der Waals surface area contributed by atoms with E-state index in [9.17, 15) is 4.79 Å². The monoisotopic (exact) mass is 554 g/mol. The smallest absolute Gasteiger partial charge is 0.251 e. The predicted molar refractivity (Wildman–Crippen MR) is 154 cm³/mol. The maximum Gasteiger partial charge on any atom is 0.251 e. The van der Waals surface area contributed by atoms with E-state index in [0.29, 0.717) is 28.6 Å². The highest BCUT2D eigenvalue weighted by Gasteiger charge is 2.37. The minimum Gasteiger partial charge on any atom is -0.379 e. The maximum atomic E-state index is 12.6. The van der Waals surface area contributed by atoms with E-state index in [1.807, 2.05) is 61.7 Å². The normalized spacial score (nSPS) is 17.1. The van der Waals surface area contributed by atoms with Crippen LogP contribution in [0, 0.1) is 0 Å². The molecule has 0 radical (unpaired) electrons. The van der Waals surface area contributed by atoms with Gasteiger partial charge >= 0.3 is 0 Å². The van der Waals surface area contributed by atoms with Crippen LogP contribution in [0.2, 0.25) is 10.0 Å². The van der Waals surface area contributed by atoms with E-state index in [4.69, 9.17) is 32.7 Å². The van der Waals surface area contributed by atoms with Crippen LogP contribution in [0.15, 0.2) is 78.9 Å². The summed E-state index contributed by atoms with van der Waals surface area (Å²) in [7, 11) is 3.57. The molecule has 2 atom stereocenters. The lowest BCUT2D eigenvalue weighted by Crippen LogP contribution is -2.47. The van der Waals surface area contributed by atoms with Gasteiger partial charge in [0.25, 0.3) is 5.91 Å². The minimum atomic E-state index is -0.259. The van der Waals surface area contributed by atoms with Gasteiger partial charge in [-0.3, -0.25) is 4.79 Å². The van der Waals surface area contributed by atoms with Gasteiger partial charge in [-0.2, -0.15) is 0 Å². The van der Waals surface area contributed by atoms with Crippen molar-refractivity contribution < 1.29 is 14.3 Å². The predicted octanol–water partition coefficient (Wildman–Crippen LogP) is 6.55. The summed E-state index contributed by atoms with van der Waals surface area (Å²) in [6.45, 7) is 3.09. The van der Waals surface area contributed by atoms with E-state index in [2.05, 4.69) is 34.5 Å². The fraction of sp³-hybridized carbons (Fsp3) is 0.387. The molecule has 7 heteroatoms. The second-order valence-corrected chi connectivity index (χ2v) is 10.6. The topological polar surface area (TPSA) is 50.8 Å². The first-order valence-corrected chi connectivity index (χ1v) is 13.9. The molecule has 0 bridgehead atoms. The van der Waals surface area contributed by atoms with Crippen molar-refractivity contribution in [1.29, 1.82) is 0 Å². The number of methoxy groups -OCH3 is 2. The molecule has 202 valence electrons. The van der Waals surface area contributed by atoms with Gasteiger partial charge in [-0.15, -0.1) is 0 Å². The Hall–Kier alpha value is -2.41. The zero-order valence-electron chi connectivity index (χ0n) is 22.0. The zero-order chi connectivity index (χ0) is 27.0. The van der Waals surface area contributed by atoms with Crippen LogP contribution in [-0.4, -0.2) is 57.3 Å². The molecule has 38 heavy (non-hydrogen) atoms. The van der Waals surface area contributed by atoms with Crippen LogP contribution >= 0.6 is 23.2 Å². The maximum absolute atomic E-state index is 12.6. The Labute approximate surface area is 236 Å². The molecule has 0 aromatic heterocycles. The summed E-state index contributed by atoms with van der Waals surface area (Å²) in [4.78, 5) is 15.1. The van der Waals surface area contributed by atoms with E-state index >= 15 is 0 Å². The standard InChI is InChI=1S/C31H36Cl2N2O3/c1-37-29(22-35-19-16-31(38-2,17-20-35)25-11-7-4-8-12-25)26(24-13-14-27(32)28(33)21-24)15-18-34-30(36)23-9-5-3-6-10-23/h3-14,21,26,29H,15-20,22H2,1-2H3,(H,34,36). The molecular formula is C31H36Cl2N2O3. The van der Waals surface area contributed by atoms with Crippen molar-refractivity contribution in [1.82, 2.24) is 10.2 Å². The summed E-state index contributed by atoms with van der Waals surface area (Å²) in [6, 6.07) is 25.5. The third kappa shape index (κ3) is 6.96. The first kappa shape index (κ1) is 28.6. The van der Waals surface area contributed by atoms with Crippen molar-refractivity contribution in [3.63, 3.8) is 0 Å². The van der Waals surface area contributed by atoms with E-state index in [1.54, 1.807) is 7.11 Å². The number of carbonyl (C=O) groups excluding carboxylic acids is 1. The average molecular weight is 556 g/mol. The Balaban J connectivity index is 1.45. The largest absolute Gasteiger partial charge is 0.379 e. The lowest BCUT2D eigenvalue weighted by Gasteiger charge is -2.42. The molecule has 0 saturated carbocycles. The van der Waals surface area contributed by atoms with Gasteiger partial charge in [0.2, 0.25) is 0 Å². The molecule has 3 aromatic rings. The summed E-state index contributed by atoms with van der Waals surface area (Å²) < 4.78 is 12.2. The first-order chi connectivity index (χ1) is 18.5. The molecular weight excluding hydrogens is 519 g/mol. The van der Waals surface area contributed by atoms with Crippen LogP contribution in [0.3, 0.4) is 0 Å². The summed E-state index contributed by atoms with van der Waals surface area (Å²) in [5.74, 6) is -0.0608. The number of piperidine rings is 1. The molecule has 0 aliphatic carbocycles. The van der Waals surface area contributed by atoms with Crippen LogP contribution in [0.1, 0.15) is 46.7 Å². The highest BCUT2D eigenvalue weighted by atomic mass is 35.5. The molecule has 1 heterocycles. The van der Waals surface area contributed by atoms with Gasteiger partial charge < -0.3 is 19.7 Å². The quantitative estimate of drug-likeness (QED) is 0.292. The molecule has 1 saturated heterocycles. The number of carbonyl (C=O) groups is 1. The van der Waals surface area contributed by atoms with Gasteiger partial charge in [0, 0.05) is 51.9 Å². The number of nitrogens with zero attached hydrogens (tertiary/aromatic N) is 1. The Kier molecular flexibility index (Phi) is 10.2. The number of benzene rings is 3. The fourth-order valence-electron chi connectivity index (χ4n) is 5.41. The number of rotatable bonds is 11. The molecule has 1 N–H and O–H groups in total. The van der Waals surface area contributed by atoms with E-state index in [1.165, 1.54) is 5.56 Å². The van der Waals surface area contributed by atoms with Gasteiger partial charge in [-0.1, -0.05) is 77.8 Å². The Morgan fingerprint density at radius 1 is 0.947 bits per heavy atom. The molecule has 1 amide bonds. The van der Waals surface area contributed by atoms with Gasteiger partial charge in [-0.25, -0.2) is 0 Å². The minimum absolute atomic E-state index is 0.0223. The van der Waals surface area contributed by atoms with Crippen LogP contribution in [0.25, 0.3) is 0 Å². The number of nitrogens with one attached hydrogen (secondary N) is 1. The first-order valence-electron chi connectivity index (χ1n) is 13.1. The molecule has 5 nitrogen and oxygen atoms in total. The SMILES string of the molecule is COC(CN1CCC(OC)(c2ccccc2)CC1)C(CCNC(=O)c1ccccc1)c1ccc(Cl)c(Cl)c1. The van der Waals surface area contributed by atoms with Crippen molar-refractivity contribution in [3.05, 3.63) is 106 Å². The van der Waals surface area contributed by atoms with Crippen LogP contribution in [-0.2, 0) is 15.1 Å². The Morgan fingerprint density at radius 2 is 1.61 bits per heavy atom. The van der Waals surface area contributed by atoms with Crippen molar-refractivity contribution in [2.75, 3.05) is 40.4 Å². The number of hydrogen-bond acceptors (Lipinski definition) is 4. The number of amides is 1. The van der Waals surface area contributed by atoms with Crippen molar-refractivity contribution >= 4 is 29.1 Å². The fourth-order valence-corrected chi connectivity index (χ4v) is 5.72. The Bertz CT molecular complexity index is 1170. The summed E-state index contributed by atoms with van der Waals surface area (Å²) >= 11 is 12.6. The van der Waals surface area contributed by atoms with Crippen molar-refractivity contribution in [3.8, 4) is 0 Å². The van der Waals surface area contributed by atoms with E-state index in [0.717, 1.165) is 38.0 Å². The lowest BCUT2D eigenvalue weighted by molar-refractivity contribution is -0.0706. The molecule has 1 aliphatic heterocycles. The summed E-state index contributed by atoms with van der Waals surface area (Å²) in [6.07, 6.45) is 2.44. The molecule has 1 fully saturated rings. The molecule has 0 spiro atoms. The zero-order valence-corrected chi connectivity index (χ0v) is 23.5. The average Bonchev–Trinajstić information content (AvgIpc) is 2.97. The van der Waals surface area contributed by atoms with E-state index < -0.39 is 0 Å². The van der Waals surface area contributed by atoms with Gasteiger partial charge in [0.1, 0.15) is 0 Å². The third-order valence-electron chi connectivity index (χ3n) is 7.69. The summed E-state index contributed by atoms with van der Waals surface area (Å²) in [5, 5.41) is 4.10. The number of ether oxygens (including phenoxy) is 2. The van der Waals surface area contributed by atoms with Gasteiger partial charge in [-0.05, 0) is 54.7 Å². The van der Waals surface area contributed by atoms with E-state index in [-0.39, 0.29) is 23.5 Å². The number of hydrogen-bond donors (Lipinski definition) is 1. The van der Waals surface area contributed by atoms with Crippen LogP contribution in [0.4, 0.5) is 0 Å². The molecule has 1 aliphatic rings. The molecule has 3 aromatic carbocycles. The summed E-state index contributed by atoms with van der Waals surface area (Å²) in [5.41, 5.74) is 2.67. The van der Waals surface area contributed by atoms with Gasteiger partial charge in [0.05, 0.1) is 21.8 Å². The van der Waals surface area contributed by atoms with Crippen molar-refractivity contribution in [2.45, 2.75) is 36.9 Å². The molecule has 2 unspecified atom stereocenters. The molecule has 4 rings (SSSR count). The second kappa shape index (κ2) is 13.6. The highest BCUT2D eigenvalue weighted by molar-refractivity contribution is 6.42. The second-order valence-electron chi connectivity index (χ2n) is 9.83. The highest BCUT2D eigenvalue weighted by Crippen LogP contribution is 2.37. The Morgan fingerprint density at radius 3 is 2.21 bits per heavy atom. The third-order valence-corrected chi connectivity index (χ3v) is 8.43. The number of halogens is 2. The lowest BCUT2D eigenvalue weighted by atomic mass is 9.83. The number of likely N-dealkylation sites (tertiary alicyclic amines) is 1. The van der Waals surface area contributed by atoms with Crippen LogP contribution < -0.4 is 5.32 Å². The van der Waals surface area contributed by atoms with Gasteiger partial charge in [0.15, 0.2) is 0 Å².